The molecule has 4 rings (SSSR count). The lowest BCUT2D eigenvalue weighted by molar-refractivity contribution is 0.0934. The fourth-order valence-corrected chi connectivity index (χ4v) is 4.19. The molecule has 1 amide bonds. The normalized spacial score (nSPS) is 12.3. The monoisotopic (exact) mass is 451 g/mol. The van der Waals surface area contributed by atoms with Crippen molar-refractivity contribution in [3.05, 3.63) is 76.6 Å². The summed E-state index contributed by atoms with van der Waals surface area (Å²) in [6, 6.07) is 12.5. The highest BCUT2D eigenvalue weighted by molar-refractivity contribution is 7.98. The van der Waals surface area contributed by atoms with E-state index in [-0.39, 0.29) is 17.5 Å². The van der Waals surface area contributed by atoms with E-state index in [9.17, 15) is 9.59 Å². The number of carbonyl (C=O) groups excluding carboxylic acids is 1. The molecular formula is C23H25N5O3S. The van der Waals surface area contributed by atoms with E-state index in [1.54, 1.807) is 43.3 Å². The summed E-state index contributed by atoms with van der Waals surface area (Å²) < 4.78 is 8.55. The van der Waals surface area contributed by atoms with Gasteiger partial charge >= 0.3 is 0 Å². The van der Waals surface area contributed by atoms with Crippen molar-refractivity contribution in [1.29, 1.82) is 0 Å². The Labute approximate surface area is 189 Å². The number of hydrogen-bond acceptors (Lipinski definition) is 6. The number of ether oxygens (including phenoxy) is 1. The molecule has 1 aromatic carbocycles. The number of aromatic nitrogens is 4. The first-order chi connectivity index (χ1) is 15.6. The number of methoxy groups -OCH3 is 1. The van der Waals surface area contributed by atoms with E-state index in [1.165, 1.54) is 4.57 Å². The number of amides is 1. The Bertz CT molecular complexity index is 1300. The van der Waals surface area contributed by atoms with E-state index in [1.807, 2.05) is 41.1 Å². The second-order valence-corrected chi connectivity index (χ2v) is 8.36. The molecule has 0 fully saturated rings. The second-order valence-electron chi connectivity index (χ2n) is 7.37. The van der Waals surface area contributed by atoms with Gasteiger partial charge in [-0.15, -0.1) is 10.2 Å². The third kappa shape index (κ3) is 4.39. The molecule has 166 valence electrons. The van der Waals surface area contributed by atoms with Crippen LogP contribution in [-0.2, 0) is 11.3 Å². The SMILES string of the molecule is COCCn1cc(C(=O)N[C@@H](CCSC)c2nnc3ccccn23)c2ccccc2c1=O. The van der Waals surface area contributed by atoms with E-state index < -0.39 is 0 Å². The van der Waals surface area contributed by atoms with Crippen LogP contribution in [0.4, 0.5) is 0 Å². The minimum Gasteiger partial charge on any atom is -0.383 e. The Kier molecular flexibility index (Phi) is 6.87. The van der Waals surface area contributed by atoms with Crippen LogP contribution < -0.4 is 10.9 Å². The van der Waals surface area contributed by atoms with Crippen molar-refractivity contribution >= 4 is 34.1 Å². The van der Waals surface area contributed by atoms with Gasteiger partial charge in [-0.25, -0.2) is 0 Å². The minimum atomic E-state index is -0.328. The Morgan fingerprint density at radius 1 is 1.16 bits per heavy atom. The summed E-state index contributed by atoms with van der Waals surface area (Å²) in [6.07, 6.45) is 6.24. The van der Waals surface area contributed by atoms with Gasteiger partial charge in [0.05, 0.1) is 18.2 Å². The van der Waals surface area contributed by atoms with E-state index in [4.69, 9.17) is 4.74 Å². The highest BCUT2D eigenvalue weighted by atomic mass is 32.2. The van der Waals surface area contributed by atoms with Crippen molar-refractivity contribution in [3.63, 3.8) is 0 Å². The minimum absolute atomic E-state index is 0.142. The summed E-state index contributed by atoms with van der Waals surface area (Å²) in [5.41, 5.74) is 1.03. The van der Waals surface area contributed by atoms with Gasteiger partial charge in [0.25, 0.3) is 11.5 Å². The molecule has 9 heteroatoms. The van der Waals surface area contributed by atoms with Crippen molar-refractivity contribution in [2.24, 2.45) is 0 Å². The lowest BCUT2D eigenvalue weighted by atomic mass is 10.1. The zero-order chi connectivity index (χ0) is 22.5. The summed E-state index contributed by atoms with van der Waals surface area (Å²) in [4.78, 5) is 26.3. The van der Waals surface area contributed by atoms with Crippen LogP contribution in [0, 0.1) is 0 Å². The maximum atomic E-state index is 13.5. The Morgan fingerprint density at radius 2 is 1.94 bits per heavy atom. The molecule has 0 saturated carbocycles. The molecular weight excluding hydrogens is 426 g/mol. The number of pyridine rings is 2. The number of thioether (sulfide) groups is 1. The van der Waals surface area contributed by atoms with Gasteiger partial charge in [-0.3, -0.25) is 14.0 Å². The van der Waals surface area contributed by atoms with Crippen LogP contribution in [0.25, 0.3) is 16.4 Å². The van der Waals surface area contributed by atoms with Crippen LogP contribution in [0.3, 0.4) is 0 Å². The zero-order valence-corrected chi connectivity index (χ0v) is 18.8. The van der Waals surface area contributed by atoms with Gasteiger partial charge in [-0.1, -0.05) is 24.3 Å². The molecule has 8 nitrogen and oxygen atoms in total. The quantitative estimate of drug-likeness (QED) is 0.421. The molecule has 1 N–H and O–H groups in total. The summed E-state index contributed by atoms with van der Waals surface area (Å²) in [6.45, 7) is 0.743. The van der Waals surface area contributed by atoms with Crippen molar-refractivity contribution in [3.8, 4) is 0 Å². The lowest BCUT2D eigenvalue weighted by Crippen LogP contribution is -2.32. The van der Waals surface area contributed by atoms with Crippen LogP contribution in [-0.4, -0.2) is 50.8 Å². The van der Waals surface area contributed by atoms with E-state index in [2.05, 4.69) is 15.5 Å². The predicted octanol–water partition coefficient (Wildman–Crippen LogP) is 2.91. The predicted molar refractivity (Wildman–Crippen MR) is 126 cm³/mol. The molecule has 3 aromatic heterocycles. The first-order valence-electron chi connectivity index (χ1n) is 10.3. The molecule has 4 aromatic rings. The maximum Gasteiger partial charge on any atom is 0.258 e. The van der Waals surface area contributed by atoms with Crippen molar-refractivity contribution in [2.75, 3.05) is 25.7 Å². The largest absolute Gasteiger partial charge is 0.383 e. The lowest BCUT2D eigenvalue weighted by Gasteiger charge is -2.18. The number of rotatable bonds is 9. The molecule has 1 atom stereocenters. The molecule has 0 saturated heterocycles. The van der Waals surface area contributed by atoms with Gasteiger partial charge in [0.1, 0.15) is 0 Å². The van der Waals surface area contributed by atoms with Crippen LogP contribution in [0.5, 0.6) is 0 Å². The standard InChI is InChI=1S/C23H25N5O3S/c1-31-13-12-27-15-18(16-7-3-4-8-17(16)23(27)30)22(29)24-19(10-14-32-2)21-26-25-20-9-5-6-11-28(20)21/h3-9,11,15,19H,10,12-14H2,1-2H3,(H,24,29)/t19-/m0/s1. The highest BCUT2D eigenvalue weighted by Crippen LogP contribution is 2.21. The third-order valence-electron chi connectivity index (χ3n) is 5.34. The van der Waals surface area contributed by atoms with E-state index >= 15 is 0 Å². The highest BCUT2D eigenvalue weighted by Gasteiger charge is 2.23. The Morgan fingerprint density at radius 3 is 2.72 bits per heavy atom. The number of benzene rings is 1. The van der Waals surface area contributed by atoms with Crippen LogP contribution >= 0.6 is 11.8 Å². The van der Waals surface area contributed by atoms with Crippen molar-refractivity contribution < 1.29 is 9.53 Å². The Balaban J connectivity index is 1.73. The summed E-state index contributed by atoms with van der Waals surface area (Å²) in [7, 11) is 1.58. The average molecular weight is 452 g/mol. The zero-order valence-electron chi connectivity index (χ0n) is 18.0. The number of fused-ring (bicyclic) bond motifs is 2. The second kappa shape index (κ2) is 9.97. The molecule has 0 aliphatic heterocycles. The summed E-state index contributed by atoms with van der Waals surface area (Å²) in [5, 5.41) is 12.8. The summed E-state index contributed by atoms with van der Waals surface area (Å²) in [5.74, 6) is 1.27. The van der Waals surface area contributed by atoms with Crippen LogP contribution in [0.2, 0.25) is 0 Å². The van der Waals surface area contributed by atoms with Crippen molar-refractivity contribution in [1.82, 2.24) is 24.5 Å². The number of nitrogens with one attached hydrogen (secondary N) is 1. The van der Waals surface area contributed by atoms with Gasteiger partial charge in [0, 0.05) is 36.8 Å². The van der Waals surface area contributed by atoms with Gasteiger partial charge in [-0.2, -0.15) is 11.8 Å². The topological polar surface area (TPSA) is 90.5 Å². The smallest absolute Gasteiger partial charge is 0.258 e. The maximum absolute atomic E-state index is 13.5. The Hall–Kier alpha value is -3.17. The fraction of sp³-hybridized carbons (Fsp3) is 0.304. The van der Waals surface area contributed by atoms with Gasteiger partial charge in [-0.05, 0) is 36.6 Å². The molecule has 0 bridgehead atoms. The first kappa shape index (κ1) is 22.0. The first-order valence-corrected chi connectivity index (χ1v) is 11.7. The molecule has 0 aliphatic rings. The number of nitrogens with zero attached hydrogens (tertiary/aromatic N) is 4. The fourth-order valence-electron chi connectivity index (χ4n) is 3.71. The number of hydrogen-bond donors (Lipinski definition) is 1. The van der Waals surface area contributed by atoms with Crippen LogP contribution in [0.15, 0.2) is 59.7 Å². The number of carbonyl (C=O) groups is 1. The molecule has 0 unspecified atom stereocenters. The molecule has 0 aliphatic carbocycles. The summed E-state index contributed by atoms with van der Waals surface area (Å²) >= 11 is 1.70. The molecule has 3 heterocycles. The van der Waals surface area contributed by atoms with Gasteiger partial charge in [0.2, 0.25) is 0 Å². The van der Waals surface area contributed by atoms with Crippen LogP contribution in [0.1, 0.15) is 28.6 Å². The molecule has 0 spiro atoms. The van der Waals surface area contributed by atoms with Crippen molar-refractivity contribution in [2.45, 2.75) is 19.0 Å². The van der Waals surface area contributed by atoms with Gasteiger partial charge in [0.15, 0.2) is 11.5 Å². The van der Waals surface area contributed by atoms with E-state index in [0.717, 1.165) is 11.4 Å². The molecule has 32 heavy (non-hydrogen) atoms. The van der Waals surface area contributed by atoms with Gasteiger partial charge < -0.3 is 14.6 Å². The molecule has 0 radical (unpaired) electrons. The van der Waals surface area contributed by atoms with E-state index in [0.29, 0.717) is 41.7 Å². The third-order valence-corrected chi connectivity index (χ3v) is 5.99. The average Bonchev–Trinajstić information content (AvgIpc) is 3.25.